The molecule has 4 heterocycles. The number of ether oxygens (including phenoxy) is 1. The number of piperazine rings is 1. The van der Waals surface area contributed by atoms with Crippen LogP contribution in [0.3, 0.4) is 0 Å². The lowest BCUT2D eigenvalue weighted by Gasteiger charge is -2.46. The smallest absolute Gasteiger partial charge is 0.234 e. The standard InChI is InChI=1S/C20H31FN8O3/c1-12-9-28(14-10-32-11-14)4-5-29(12)16-2-3-23-8-15(16)26-20(30)17(18(22)27-31)19-24-6-13(21)7-25-19/h2-3,8,12-14,17-19,24-25H,4-7,9-11,22H2,1H3,(H,26,30)/t12-,13?,17?,18?,19?/m0/s1. The Balaban J connectivity index is 1.48. The molecule has 176 valence electrons. The van der Waals surface area contributed by atoms with Crippen LogP contribution in [0.1, 0.15) is 6.92 Å². The molecule has 3 saturated heterocycles. The SMILES string of the molecule is C[C@H]1CN(C2COC2)CCN1c1ccncc1NC(=O)C(C(N)N=O)C1NCC(F)CN1. The molecule has 11 nitrogen and oxygen atoms in total. The average molecular weight is 451 g/mol. The van der Waals surface area contributed by atoms with Gasteiger partial charge in [0, 0.05) is 45.0 Å². The van der Waals surface area contributed by atoms with Gasteiger partial charge in [-0.05, 0) is 13.0 Å². The zero-order chi connectivity index (χ0) is 22.7. The second kappa shape index (κ2) is 10.1. The van der Waals surface area contributed by atoms with Gasteiger partial charge in [-0.15, -0.1) is 4.91 Å². The number of carbonyl (C=O) groups is 1. The maximum atomic E-state index is 13.5. The first-order chi connectivity index (χ1) is 15.5. The second-order valence-corrected chi connectivity index (χ2v) is 8.62. The third-order valence-corrected chi connectivity index (χ3v) is 6.43. The molecule has 0 radical (unpaired) electrons. The van der Waals surface area contributed by atoms with Crippen molar-refractivity contribution in [2.45, 2.75) is 37.5 Å². The van der Waals surface area contributed by atoms with Gasteiger partial charge in [-0.25, -0.2) is 4.39 Å². The van der Waals surface area contributed by atoms with Crippen LogP contribution in [0, 0.1) is 10.8 Å². The lowest BCUT2D eigenvalue weighted by molar-refractivity contribution is -0.122. The molecule has 4 rings (SSSR count). The number of nitrogens with zero attached hydrogens (tertiary/aromatic N) is 4. The van der Waals surface area contributed by atoms with Crippen LogP contribution in [-0.2, 0) is 9.53 Å². The number of halogens is 1. The Morgan fingerprint density at radius 1 is 1.38 bits per heavy atom. The molecular formula is C20H31FN8O3. The van der Waals surface area contributed by atoms with Gasteiger partial charge in [0.25, 0.3) is 0 Å². The van der Waals surface area contributed by atoms with Gasteiger partial charge < -0.3 is 20.7 Å². The van der Waals surface area contributed by atoms with Gasteiger partial charge in [0.2, 0.25) is 5.91 Å². The summed E-state index contributed by atoms with van der Waals surface area (Å²) in [7, 11) is 0. The molecule has 2 unspecified atom stereocenters. The highest BCUT2D eigenvalue weighted by Crippen LogP contribution is 2.30. The van der Waals surface area contributed by atoms with Gasteiger partial charge in [-0.2, -0.15) is 0 Å². The molecule has 0 aromatic carbocycles. The number of pyridine rings is 1. The molecule has 3 aliphatic rings. The summed E-state index contributed by atoms with van der Waals surface area (Å²) >= 11 is 0. The minimum absolute atomic E-state index is 0.0684. The highest BCUT2D eigenvalue weighted by atomic mass is 19.1. The fourth-order valence-electron chi connectivity index (χ4n) is 4.54. The van der Waals surface area contributed by atoms with Gasteiger partial charge in [0.1, 0.15) is 12.1 Å². The molecule has 3 fully saturated rings. The molecule has 0 saturated carbocycles. The Kier molecular flexibility index (Phi) is 7.26. The molecule has 0 spiro atoms. The van der Waals surface area contributed by atoms with E-state index in [4.69, 9.17) is 10.5 Å². The number of hydrogen-bond acceptors (Lipinski definition) is 10. The number of amides is 1. The number of nitroso groups, excluding NO2 is 1. The first-order valence-electron chi connectivity index (χ1n) is 11.0. The zero-order valence-corrected chi connectivity index (χ0v) is 18.1. The highest BCUT2D eigenvalue weighted by Gasteiger charge is 2.38. The molecule has 0 aliphatic carbocycles. The van der Waals surface area contributed by atoms with E-state index in [2.05, 4.69) is 42.8 Å². The maximum absolute atomic E-state index is 13.5. The zero-order valence-electron chi connectivity index (χ0n) is 18.1. The van der Waals surface area contributed by atoms with Crippen molar-refractivity contribution in [2.24, 2.45) is 16.8 Å². The fourth-order valence-corrected chi connectivity index (χ4v) is 4.54. The molecule has 5 N–H and O–H groups in total. The van der Waals surface area contributed by atoms with E-state index in [0.29, 0.717) is 11.7 Å². The Labute approximate surface area is 186 Å². The summed E-state index contributed by atoms with van der Waals surface area (Å²) in [6, 6.07) is 2.57. The largest absolute Gasteiger partial charge is 0.378 e. The number of rotatable bonds is 7. The van der Waals surface area contributed by atoms with Crippen LogP contribution in [0.2, 0.25) is 0 Å². The van der Waals surface area contributed by atoms with Crippen molar-refractivity contribution < 1.29 is 13.9 Å². The Hall–Kier alpha value is -2.25. The first kappa shape index (κ1) is 22.9. The monoisotopic (exact) mass is 450 g/mol. The minimum Gasteiger partial charge on any atom is -0.378 e. The number of anilines is 2. The first-order valence-corrected chi connectivity index (χ1v) is 11.0. The molecule has 0 bridgehead atoms. The van der Waals surface area contributed by atoms with Crippen molar-refractivity contribution in [1.29, 1.82) is 0 Å². The Bertz CT molecular complexity index is 805. The lowest BCUT2D eigenvalue weighted by Crippen LogP contribution is -2.62. The summed E-state index contributed by atoms with van der Waals surface area (Å²) in [5.41, 5.74) is 7.23. The topological polar surface area (TPSA) is 137 Å². The van der Waals surface area contributed by atoms with Crippen LogP contribution in [-0.4, -0.2) is 92.3 Å². The van der Waals surface area contributed by atoms with Crippen LogP contribution in [0.5, 0.6) is 0 Å². The van der Waals surface area contributed by atoms with Crippen molar-refractivity contribution in [3.05, 3.63) is 23.4 Å². The van der Waals surface area contributed by atoms with Crippen LogP contribution >= 0.6 is 0 Å². The average Bonchev–Trinajstić information content (AvgIpc) is 2.75. The van der Waals surface area contributed by atoms with E-state index in [0.717, 1.165) is 38.5 Å². The number of aromatic nitrogens is 1. The van der Waals surface area contributed by atoms with Crippen molar-refractivity contribution in [3.63, 3.8) is 0 Å². The van der Waals surface area contributed by atoms with Crippen molar-refractivity contribution in [2.75, 3.05) is 56.2 Å². The summed E-state index contributed by atoms with van der Waals surface area (Å²) in [5, 5.41) is 11.5. The molecule has 1 amide bonds. The van der Waals surface area contributed by atoms with Crippen LogP contribution in [0.4, 0.5) is 15.8 Å². The third-order valence-electron chi connectivity index (χ3n) is 6.43. The van der Waals surface area contributed by atoms with Crippen LogP contribution in [0.25, 0.3) is 0 Å². The molecule has 1 aromatic heterocycles. The normalized spacial score (nSPS) is 29.1. The summed E-state index contributed by atoms with van der Waals surface area (Å²) in [6.07, 6.45) is 0.242. The molecule has 3 aliphatic heterocycles. The van der Waals surface area contributed by atoms with Crippen molar-refractivity contribution in [1.82, 2.24) is 20.5 Å². The summed E-state index contributed by atoms with van der Waals surface area (Å²) in [6.45, 7) is 6.44. The van der Waals surface area contributed by atoms with Crippen molar-refractivity contribution >= 4 is 17.3 Å². The van der Waals surface area contributed by atoms with Gasteiger partial charge in [0.15, 0.2) is 6.17 Å². The molecular weight excluding hydrogens is 419 g/mol. The number of nitrogens with two attached hydrogens (primary N) is 1. The Morgan fingerprint density at radius 3 is 2.75 bits per heavy atom. The number of nitrogens with one attached hydrogen (secondary N) is 3. The lowest BCUT2D eigenvalue weighted by atomic mass is 9.99. The fraction of sp³-hybridized carbons (Fsp3) is 0.700. The van der Waals surface area contributed by atoms with E-state index in [-0.39, 0.29) is 19.1 Å². The summed E-state index contributed by atoms with van der Waals surface area (Å²) in [5.74, 6) is -1.49. The molecule has 1 aromatic rings. The van der Waals surface area contributed by atoms with Gasteiger partial charge in [0.05, 0.1) is 43.0 Å². The summed E-state index contributed by atoms with van der Waals surface area (Å²) < 4.78 is 18.8. The van der Waals surface area contributed by atoms with Crippen LogP contribution in [0.15, 0.2) is 23.6 Å². The predicted molar refractivity (Wildman–Crippen MR) is 118 cm³/mol. The number of hydrogen-bond donors (Lipinski definition) is 4. The highest BCUT2D eigenvalue weighted by molar-refractivity contribution is 5.96. The second-order valence-electron chi connectivity index (χ2n) is 8.62. The Morgan fingerprint density at radius 2 is 2.12 bits per heavy atom. The van der Waals surface area contributed by atoms with Crippen LogP contribution < -0.4 is 26.6 Å². The van der Waals surface area contributed by atoms with E-state index >= 15 is 0 Å². The maximum Gasteiger partial charge on any atom is 0.234 e. The molecule has 32 heavy (non-hydrogen) atoms. The minimum atomic E-state index is -1.29. The number of alkyl halides is 1. The predicted octanol–water partition coefficient (Wildman–Crippen LogP) is -0.546. The van der Waals surface area contributed by atoms with Crippen molar-refractivity contribution in [3.8, 4) is 0 Å². The van der Waals surface area contributed by atoms with Gasteiger partial charge in [-0.1, -0.05) is 5.18 Å². The van der Waals surface area contributed by atoms with E-state index in [1.807, 2.05) is 6.07 Å². The molecule has 12 heteroatoms. The van der Waals surface area contributed by atoms with Gasteiger partial charge >= 0.3 is 0 Å². The van der Waals surface area contributed by atoms with E-state index < -0.39 is 30.3 Å². The molecule has 3 atom stereocenters. The quantitative estimate of drug-likeness (QED) is 0.403. The van der Waals surface area contributed by atoms with E-state index in [9.17, 15) is 14.1 Å². The summed E-state index contributed by atoms with van der Waals surface area (Å²) in [4.78, 5) is 33.2. The third kappa shape index (κ3) is 4.89. The number of carbonyl (C=O) groups excluding carboxylic acids is 1. The van der Waals surface area contributed by atoms with E-state index in [1.54, 1.807) is 12.4 Å². The van der Waals surface area contributed by atoms with E-state index in [1.165, 1.54) is 0 Å². The van der Waals surface area contributed by atoms with Gasteiger partial charge in [-0.3, -0.25) is 25.3 Å².